The molecule has 0 radical (unpaired) electrons. The van der Waals surface area contributed by atoms with Crippen LogP contribution in [0.1, 0.15) is 30.9 Å². The standard InChI is InChI=1S/C15H19ClN2O/c16-13-5-3-11(4-6-13)14-2-1-9-18(14)15(19)12-7-8-17-10-12/h3-6,12,14,17H,1-2,7-10H2. The number of amides is 1. The van der Waals surface area contributed by atoms with E-state index in [0.717, 1.165) is 43.9 Å². The molecule has 2 atom stereocenters. The van der Waals surface area contributed by atoms with Gasteiger partial charge in [-0.15, -0.1) is 0 Å². The number of hydrogen-bond acceptors (Lipinski definition) is 2. The van der Waals surface area contributed by atoms with Crippen LogP contribution in [-0.2, 0) is 4.79 Å². The number of nitrogens with zero attached hydrogens (tertiary/aromatic N) is 1. The first-order chi connectivity index (χ1) is 9.25. The maximum atomic E-state index is 12.6. The van der Waals surface area contributed by atoms with Gasteiger partial charge in [-0.1, -0.05) is 23.7 Å². The molecule has 1 amide bonds. The van der Waals surface area contributed by atoms with Crippen molar-refractivity contribution in [2.45, 2.75) is 25.3 Å². The van der Waals surface area contributed by atoms with E-state index in [1.54, 1.807) is 0 Å². The second-order valence-electron chi connectivity index (χ2n) is 5.43. The molecule has 0 aromatic heterocycles. The maximum absolute atomic E-state index is 12.6. The van der Waals surface area contributed by atoms with Crippen LogP contribution < -0.4 is 5.32 Å². The van der Waals surface area contributed by atoms with Crippen molar-refractivity contribution in [3.8, 4) is 0 Å². The maximum Gasteiger partial charge on any atom is 0.227 e. The van der Waals surface area contributed by atoms with Gasteiger partial charge in [-0.25, -0.2) is 0 Å². The Labute approximate surface area is 118 Å². The Morgan fingerprint density at radius 1 is 1.26 bits per heavy atom. The predicted octanol–water partition coefficient (Wildman–Crippen LogP) is 2.61. The Morgan fingerprint density at radius 3 is 2.74 bits per heavy atom. The summed E-state index contributed by atoms with van der Waals surface area (Å²) in [5.74, 6) is 0.496. The molecule has 19 heavy (non-hydrogen) atoms. The van der Waals surface area contributed by atoms with Crippen molar-refractivity contribution in [3.05, 3.63) is 34.9 Å². The van der Waals surface area contributed by atoms with E-state index < -0.39 is 0 Å². The summed E-state index contributed by atoms with van der Waals surface area (Å²) in [5.41, 5.74) is 1.21. The molecule has 0 aliphatic carbocycles. The van der Waals surface area contributed by atoms with Crippen LogP contribution in [-0.4, -0.2) is 30.4 Å². The highest BCUT2D eigenvalue weighted by Gasteiger charge is 2.34. The molecule has 0 spiro atoms. The minimum Gasteiger partial charge on any atom is -0.335 e. The SMILES string of the molecule is O=C(C1CCNC1)N1CCCC1c1ccc(Cl)cc1. The van der Waals surface area contributed by atoms with Crippen molar-refractivity contribution in [3.63, 3.8) is 0 Å². The van der Waals surface area contributed by atoms with E-state index in [9.17, 15) is 4.79 Å². The Morgan fingerprint density at radius 2 is 2.05 bits per heavy atom. The number of hydrogen-bond donors (Lipinski definition) is 1. The number of likely N-dealkylation sites (tertiary alicyclic amines) is 1. The molecule has 2 heterocycles. The summed E-state index contributed by atoms with van der Waals surface area (Å²) >= 11 is 5.93. The highest BCUT2D eigenvalue weighted by atomic mass is 35.5. The molecule has 2 fully saturated rings. The fourth-order valence-electron chi connectivity index (χ4n) is 3.16. The van der Waals surface area contributed by atoms with E-state index in [1.165, 1.54) is 5.56 Å². The quantitative estimate of drug-likeness (QED) is 0.902. The molecule has 1 N–H and O–H groups in total. The zero-order valence-corrected chi connectivity index (χ0v) is 11.7. The number of halogens is 1. The molecule has 1 aromatic rings. The van der Waals surface area contributed by atoms with Crippen LogP contribution in [0.5, 0.6) is 0 Å². The Hall–Kier alpha value is -1.06. The van der Waals surface area contributed by atoms with Crippen LogP contribution >= 0.6 is 11.6 Å². The summed E-state index contributed by atoms with van der Waals surface area (Å²) in [6.07, 6.45) is 3.13. The molecule has 2 saturated heterocycles. The van der Waals surface area contributed by atoms with Crippen LogP contribution in [0.4, 0.5) is 0 Å². The lowest BCUT2D eigenvalue weighted by molar-refractivity contribution is -0.135. The largest absolute Gasteiger partial charge is 0.335 e. The van der Waals surface area contributed by atoms with Gasteiger partial charge in [-0.3, -0.25) is 4.79 Å². The second-order valence-corrected chi connectivity index (χ2v) is 5.87. The zero-order chi connectivity index (χ0) is 13.2. The lowest BCUT2D eigenvalue weighted by atomic mass is 10.0. The Bertz CT molecular complexity index is 454. The molecule has 2 aliphatic heterocycles. The summed E-state index contributed by atoms with van der Waals surface area (Å²) in [7, 11) is 0. The topological polar surface area (TPSA) is 32.3 Å². The lowest BCUT2D eigenvalue weighted by Crippen LogP contribution is -2.36. The van der Waals surface area contributed by atoms with Crippen LogP contribution in [0.25, 0.3) is 0 Å². The van der Waals surface area contributed by atoms with Gasteiger partial charge < -0.3 is 10.2 Å². The van der Waals surface area contributed by atoms with Gasteiger partial charge in [0.1, 0.15) is 0 Å². The van der Waals surface area contributed by atoms with Crippen LogP contribution in [0.15, 0.2) is 24.3 Å². The minimum atomic E-state index is 0.174. The lowest BCUT2D eigenvalue weighted by Gasteiger charge is -2.27. The fourth-order valence-corrected chi connectivity index (χ4v) is 3.29. The van der Waals surface area contributed by atoms with Crippen molar-refractivity contribution >= 4 is 17.5 Å². The van der Waals surface area contributed by atoms with Gasteiger partial charge in [0.2, 0.25) is 5.91 Å². The summed E-state index contributed by atoms with van der Waals surface area (Å²) < 4.78 is 0. The monoisotopic (exact) mass is 278 g/mol. The van der Waals surface area contributed by atoms with Gasteiger partial charge in [0.05, 0.1) is 12.0 Å². The molecular formula is C15H19ClN2O. The number of carbonyl (C=O) groups is 1. The fraction of sp³-hybridized carbons (Fsp3) is 0.533. The molecule has 2 unspecified atom stereocenters. The molecule has 0 bridgehead atoms. The van der Waals surface area contributed by atoms with Gasteiger partial charge in [0.25, 0.3) is 0 Å². The predicted molar refractivity (Wildman–Crippen MR) is 76.1 cm³/mol. The van der Waals surface area contributed by atoms with E-state index in [1.807, 2.05) is 24.3 Å². The summed E-state index contributed by atoms with van der Waals surface area (Å²) in [6, 6.07) is 8.16. The third-order valence-corrected chi connectivity index (χ3v) is 4.45. The number of rotatable bonds is 2. The van der Waals surface area contributed by atoms with Gasteiger partial charge in [-0.05, 0) is 43.5 Å². The second kappa shape index (κ2) is 5.51. The molecule has 102 valence electrons. The molecule has 0 saturated carbocycles. The third kappa shape index (κ3) is 2.63. The Kier molecular flexibility index (Phi) is 3.76. The number of benzene rings is 1. The van der Waals surface area contributed by atoms with Crippen molar-refractivity contribution < 1.29 is 4.79 Å². The van der Waals surface area contributed by atoms with Crippen molar-refractivity contribution in [2.24, 2.45) is 5.92 Å². The van der Waals surface area contributed by atoms with E-state index in [0.29, 0.717) is 5.91 Å². The van der Waals surface area contributed by atoms with E-state index >= 15 is 0 Å². The normalized spacial score (nSPS) is 26.9. The molecule has 2 aliphatic rings. The third-order valence-electron chi connectivity index (χ3n) is 4.20. The smallest absolute Gasteiger partial charge is 0.227 e. The van der Waals surface area contributed by atoms with E-state index in [4.69, 9.17) is 11.6 Å². The van der Waals surface area contributed by atoms with Crippen LogP contribution in [0.3, 0.4) is 0 Å². The number of carbonyl (C=O) groups excluding carboxylic acids is 1. The minimum absolute atomic E-state index is 0.174. The molecule has 1 aromatic carbocycles. The van der Waals surface area contributed by atoms with Gasteiger partial charge in [0, 0.05) is 18.1 Å². The highest BCUT2D eigenvalue weighted by molar-refractivity contribution is 6.30. The summed E-state index contributed by atoms with van der Waals surface area (Å²) in [6.45, 7) is 2.70. The van der Waals surface area contributed by atoms with E-state index in [2.05, 4.69) is 10.2 Å². The van der Waals surface area contributed by atoms with Gasteiger partial charge >= 0.3 is 0 Å². The highest BCUT2D eigenvalue weighted by Crippen LogP contribution is 2.34. The van der Waals surface area contributed by atoms with Gasteiger partial charge in [-0.2, -0.15) is 0 Å². The average Bonchev–Trinajstić information content (AvgIpc) is 3.10. The average molecular weight is 279 g/mol. The van der Waals surface area contributed by atoms with Crippen LogP contribution in [0, 0.1) is 5.92 Å². The summed E-state index contributed by atoms with van der Waals surface area (Å²) in [5, 5.41) is 4.02. The first-order valence-electron chi connectivity index (χ1n) is 7.02. The summed E-state index contributed by atoms with van der Waals surface area (Å²) in [4.78, 5) is 14.6. The molecular weight excluding hydrogens is 260 g/mol. The van der Waals surface area contributed by atoms with Crippen molar-refractivity contribution in [2.75, 3.05) is 19.6 Å². The van der Waals surface area contributed by atoms with E-state index in [-0.39, 0.29) is 12.0 Å². The Balaban J connectivity index is 1.77. The first-order valence-corrected chi connectivity index (χ1v) is 7.40. The van der Waals surface area contributed by atoms with Crippen molar-refractivity contribution in [1.29, 1.82) is 0 Å². The molecule has 4 heteroatoms. The molecule has 3 nitrogen and oxygen atoms in total. The number of nitrogens with one attached hydrogen (secondary N) is 1. The van der Waals surface area contributed by atoms with Crippen LogP contribution in [0.2, 0.25) is 5.02 Å². The van der Waals surface area contributed by atoms with Crippen molar-refractivity contribution in [1.82, 2.24) is 10.2 Å². The molecule has 3 rings (SSSR count). The first kappa shape index (κ1) is 12.9. The van der Waals surface area contributed by atoms with Gasteiger partial charge in [0.15, 0.2) is 0 Å². The zero-order valence-electron chi connectivity index (χ0n) is 10.9.